The average molecular weight is 569 g/mol. The number of nitrogens with zero attached hydrogens (tertiary/aromatic N) is 8. The first-order valence-corrected chi connectivity index (χ1v) is 13.2. The van der Waals surface area contributed by atoms with Crippen molar-refractivity contribution < 1.29 is 27.4 Å². The Hall–Kier alpha value is -4.49. The number of amides is 1. The Balaban J connectivity index is 1.34. The van der Waals surface area contributed by atoms with E-state index in [4.69, 9.17) is 14.5 Å². The first-order valence-electron chi connectivity index (χ1n) is 13.2. The van der Waals surface area contributed by atoms with Crippen molar-refractivity contribution in [3.05, 3.63) is 47.7 Å². The molecule has 14 heteroatoms. The fourth-order valence-corrected chi connectivity index (χ4v) is 5.02. The van der Waals surface area contributed by atoms with Gasteiger partial charge in [0.1, 0.15) is 23.5 Å². The maximum absolute atomic E-state index is 13.3. The normalized spacial score (nSPS) is 15.3. The van der Waals surface area contributed by atoms with Crippen LogP contribution in [0.1, 0.15) is 49.1 Å². The minimum Gasteiger partial charge on any atom is -0.496 e. The molecule has 0 unspecified atom stereocenters. The van der Waals surface area contributed by atoms with Crippen LogP contribution in [0.25, 0.3) is 22.8 Å². The number of aromatic nitrogens is 7. The summed E-state index contributed by atoms with van der Waals surface area (Å²) in [6.07, 6.45) is 0.146. The number of carbonyl (C=O) groups is 1. The van der Waals surface area contributed by atoms with Crippen LogP contribution in [-0.2, 0) is 30.6 Å². The van der Waals surface area contributed by atoms with Gasteiger partial charge in [0.2, 0.25) is 17.7 Å². The van der Waals surface area contributed by atoms with Gasteiger partial charge in [0.15, 0.2) is 11.5 Å². The van der Waals surface area contributed by atoms with E-state index in [1.54, 1.807) is 29.8 Å². The first kappa shape index (κ1) is 26.7. The molecule has 1 aliphatic carbocycles. The van der Waals surface area contributed by atoms with Gasteiger partial charge in [-0.1, -0.05) is 6.07 Å². The van der Waals surface area contributed by atoms with Crippen molar-refractivity contribution in [3.63, 3.8) is 0 Å². The van der Waals surface area contributed by atoms with E-state index in [-0.39, 0.29) is 24.7 Å². The van der Waals surface area contributed by atoms with Gasteiger partial charge < -0.3 is 14.0 Å². The highest BCUT2D eigenvalue weighted by molar-refractivity contribution is 5.93. The summed E-state index contributed by atoms with van der Waals surface area (Å²) in [5, 5.41) is 4.68. The highest BCUT2D eigenvalue weighted by Crippen LogP contribution is 2.45. The van der Waals surface area contributed by atoms with Gasteiger partial charge in [0, 0.05) is 25.1 Å². The fraction of sp³-hybridized carbons (Fsp3) is 0.407. The van der Waals surface area contributed by atoms with E-state index in [9.17, 15) is 18.0 Å². The molecule has 11 nitrogen and oxygen atoms in total. The van der Waals surface area contributed by atoms with Gasteiger partial charge in [0.25, 0.3) is 0 Å². The molecule has 0 spiro atoms. The summed E-state index contributed by atoms with van der Waals surface area (Å²) in [5.41, 5.74) is 1.59. The highest BCUT2D eigenvalue weighted by Gasteiger charge is 2.36. The van der Waals surface area contributed by atoms with E-state index in [0.717, 1.165) is 24.7 Å². The molecular formula is C27H27F3N8O3. The summed E-state index contributed by atoms with van der Waals surface area (Å²) in [4.78, 5) is 31.9. The molecule has 1 aromatic carbocycles. The highest BCUT2D eigenvalue weighted by atomic mass is 19.4. The van der Waals surface area contributed by atoms with E-state index in [2.05, 4.69) is 20.1 Å². The van der Waals surface area contributed by atoms with Crippen LogP contribution in [0.15, 0.2) is 30.7 Å². The molecule has 0 atom stereocenters. The van der Waals surface area contributed by atoms with Crippen molar-refractivity contribution in [1.29, 1.82) is 0 Å². The molecule has 4 aromatic rings. The number of halogens is 3. The SMILES string of the molecule is CCn1cc(C(F)(F)F)nc1-c1ccc(CN2C(=O)CCn3nc(-c4c(OC)ncnc4C4CC4)nc32)cc1OC. The van der Waals surface area contributed by atoms with Gasteiger partial charge in [-0.25, -0.2) is 19.6 Å². The Kier molecular flexibility index (Phi) is 6.62. The minimum atomic E-state index is -4.57. The quantitative estimate of drug-likeness (QED) is 0.306. The van der Waals surface area contributed by atoms with Crippen molar-refractivity contribution >= 4 is 11.9 Å². The molecular weight excluding hydrogens is 541 g/mol. The van der Waals surface area contributed by atoms with Gasteiger partial charge in [0.05, 0.1) is 38.6 Å². The van der Waals surface area contributed by atoms with Crippen LogP contribution in [0, 0.1) is 0 Å². The first-order chi connectivity index (χ1) is 19.7. The summed E-state index contributed by atoms with van der Waals surface area (Å²) in [6.45, 7) is 2.56. The Labute approximate surface area is 233 Å². The van der Waals surface area contributed by atoms with Crippen molar-refractivity contribution in [3.8, 4) is 34.4 Å². The van der Waals surface area contributed by atoms with Gasteiger partial charge in [-0.2, -0.15) is 18.2 Å². The Bertz CT molecular complexity index is 1630. The van der Waals surface area contributed by atoms with E-state index in [1.165, 1.54) is 30.0 Å². The number of methoxy groups -OCH3 is 2. The van der Waals surface area contributed by atoms with Crippen LogP contribution in [0.5, 0.6) is 11.6 Å². The van der Waals surface area contributed by atoms with E-state index in [0.29, 0.717) is 59.1 Å². The Morgan fingerprint density at radius 1 is 1.10 bits per heavy atom. The molecule has 214 valence electrons. The number of anilines is 1. The zero-order valence-corrected chi connectivity index (χ0v) is 22.6. The third kappa shape index (κ3) is 4.87. The predicted molar refractivity (Wildman–Crippen MR) is 140 cm³/mol. The molecule has 1 amide bonds. The van der Waals surface area contributed by atoms with Crippen molar-refractivity contribution in [2.75, 3.05) is 19.1 Å². The maximum atomic E-state index is 13.3. The van der Waals surface area contributed by atoms with Crippen molar-refractivity contribution in [1.82, 2.24) is 34.3 Å². The van der Waals surface area contributed by atoms with Crippen LogP contribution >= 0.6 is 0 Å². The summed E-state index contributed by atoms with van der Waals surface area (Å²) in [5.74, 6) is 1.79. The Morgan fingerprint density at radius 2 is 1.90 bits per heavy atom. The Morgan fingerprint density at radius 3 is 2.59 bits per heavy atom. The van der Waals surface area contributed by atoms with Crippen molar-refractivity contribution in [2.45, 2.75) is 57.9 Å². The van der Waals surface area contributed by atoms with Gasteiger partial charge in [-0.3, -0.25) is 9.69 Å². The molecule has 41 heavy (non-hydrogen) atoms. The number of aryl methyl sites for hydroxylation is 2. The lowest BCUT2D eigenvalue weighted by molar-refractivity contribution is -0.140. The van der Waals surface area contributed by atoms with Crippen molar-refractivity contribution in [2.24, 2.45) is 0 Å². The molecule has 0 radical (unpaired) electrons. The molecule has 1 fully saturated rings. The minimum absolute atomic E-state index is 0.130. The number of fused-ring (bicyclic) bond motifs is 1. The number of hydrogen-bond donors (Lipinski definition) is 0. The number of ether oxygens (including phenoxy) is 2. The number of carbonyl (C=O) groups excluding carboxylic acids is 1. The molecule has 2 aliphatic rings. The lowest BCUT2D eigenvalue weighted by Gasteiger charge is -2.26. The molecule has 0 saturated heterocycles. The second kappa shape index (κ2) is 10.2. The van der Waals surface area contributed by atoms with Gasteiger partial charge >= 0.3 is 6.18 Å². The average Bonchev–Trinajstić information content (AvgIpc) is 3.56. The molecule has 1 saturated carbocycles. The third-order valence-corrected chi connectivity index (χ3v) is 7.21. The number of benzene rings is 1. The second-order valence-electron chi connectivity index (χ2n) is 9.87. The smallest absolute Gasteiger partial charge is 0.434 e. The lowest BCUT2D eigenvalue weighted by Crippen LogP contribution is -2.37. The standard InChI is InChI=1S/C27H27F3N8O3/c1-4-36-13-19(27(28,29)30)33-24(36)17-8-5-15(11-18(17)40-2)12-37-20(39)9-10-38-26(37)34-23(35-38)21-22(16-6-7-16)31-14-32-25(21)41-3/h5,8,11,13-14,16H,4,6-7,9-10,12H2,1-3H3. The number of hydrogen-bond acceptors (Lipinski definition) is 8. The van der Waals surface area contributed by atoms with Gasteiger partial charge in [-0.15, -0.1) is 5.10 Å². The topological polar surface area (TPSA) is 113 Å². The summed E-state index contributed by atoms with van der Waals surface area (Å²) < 4.78 is 54.2. The van der Waals surface area contributed by atoms with Gasteiger partial charge in [-0.05, 0) is 37.5 Å². The second-order valence-corrected chi connectivity index (χ2v) is 9.87. The predicted octanol–water partition coefficient (Wildman–Crippen LogP) is 4.47. The van der Waals surface area contributed by atoms with E-state index < -0.39 is 11.9 Å². The van der Waals surface area contributed by atoms with Crippen LogP contribution in [0.2, 0.25) is 0 Å². The molecule has 0 bridgehead atoms. The number of imidazole rings is 1. The maximum Gasteiger partial charge on any atom is 0.434 e. The third-order valence-electron chi connectivity index (χ3n) is 7.21. The zero-order chi connectivity index (χ0) is 28.9. The van der Waals surface area contributed by atoms with E-state index >= 15 is 0 Å². The van der Waals surface area contributed by atoms with E-state index in [1.807, 2.05) is 0 Å². The zero-order valence-electron chi connectivity index (χ0n) is 22.6. The summed E-state index contributed by atoms with van der Waals surface area (Å²) in [7, 11) is 2.97. The van der Waals surface area contributed by atoms with Crippen LogP contribution in [0.3, 0.4) is 0 Å². The molecule has 1 aliphatic heterocycles. The summed E-state index contributed by atoms with van der Waals surface area (Å²) in [6, 6.07) is 5.09. The largest absolute Gasteiger partial charge is 0.496 e. The molecule has 6 rings (SSSR count). The lowest BCUT2D eigenvalue weighted by atomic mass is 10.1. The fourth-order valence-electron chi connectivity index (χ4n) is 5.02. The molecule has 0 N–H and O–H groups in total. The number of alkyl halides is 3. The van der Waals surface area contributed by atoms with Crippen LogP contribution in [0.4, 0.5) is 19.1 Å². The molecule has 3 aromatic heterocycles. The van der Waals surface area contributed by atoms with Crippen LogP contribution in [-0.4, -0.2) is 54.4 Å². The number of rotatable bonds is 8. The van der Waals surface area contributed by atoms with Crippen LogP contribution < -0.4 is 14.4 Å². The summed E-state index contributed by atoms with van der Waals surface area (Å²) >= 11 is 0. The monoisotopic (exact) mass is 568 g/mol. The molecule has 4 heterocycles.